The zero-order valence-electron chi connectivity index (χ0n) is 10.7. The Labute approximate surface area is 111 Å². The van der Waals surface area contributed by atoms with E-state index in [1.165, 1.54) is 0 Å². The quantitative estimate of drug-likeness (QED) is 0.827. The van der Waals surface area contributed by atoms with Crippen LogP contribution in [0.1, 0.15) is 24.3 Å². The first-order valence-electron chi connectivity index (χ1n) is 6.14. The van der Waals surface area contributed by atoms with Gasteiger partial charge in [-0.3, -0.25) is 4.79 Å². The average Bonchev–Trinajstić information content (AvgIpc) is 3.05. The van der Waals surface area contributed by atoms with Crippen molar-refractivity contribution in [2.24, 2.45) is 0 Å². The SMILES string of the molecule is COC1CNC(C(=O)NCC(C)c2nccs2)C1. The van der Waals surface area contributed by atoms with Gasteiger partial charge in [-0.2, -0.15) is 0 Å². The number of aromatic nitrogens is 1. The zero-order valence-corrected chi connectivity index (χ0v) is 11.5. The lowest BCUT2D eigenvalue weighted by Crippen LogP contribution is -2.41. The number of ether oxygens (including phenoxy) is 1. The van der Waals surface area contributed by atoms with Gasteiger partial charge in [0.05, 0.1) is 17.2 Å². The van der Waals surface area contributed by atoms with Crippen LogP contribution < -0.4 is 10.6 Å². The van der Waals surface area contributed by atoms with Gasteiger partial charge in [-0.05, 0) is 6.42 Å². The molecule has 2 N–H and O–H groups in total. The molecule has 1 aromatic heterocycles. The second kappa shape index (κ2) is 6.26. The average molecular weight is 269 g/mol. The predicted molar refractivity (Wildman–Crippen MR) is 70.7 cm³/mol. The molecule has 2 heterocycles. The van der Waals surface area contributed by atoms with E-state index in [1.807, 2.05) is 5.38 Å². The van der Waals surface area contributed by atoms with E-state index in [-0.39, 0.29) is 24.0 Å². The third-order valence-corrected chi connectivity index (χ3v) is 4.20. The molecule has 18 heavy (non-hydrogen) atoms. The van der Waals surface area contributed by atoms with Gasteiger partial charge in [0, 0.05) is 37.7 Å². The highest BCUT2D eigenvalue weighted by Gasteiger charge is 2.29. The number of carbonyl (C=O) groups is 1. The number of thiazole rings is 1. The Hall–Kier alpha value is -0.980. The Morgan fingerprint density at radius 2 is 2.61 bits per heavy atom. The second-order valence-electron chi connectivity index (χ2n) is 4.57. The molecule has 0 bridgehead atoms. The summed E-state index contributed by atoms with van der Waals surface area (Å²) < 4.78 is 5.23. The molecule has 100 valence electrons. The predicted octanol–water partition coefficient (Wildman–Crippen LogP) is 0.740. The molecular weight excluding hydrogens is 250 g/mol. The fraction of sp³-hybridized carbons (Fsp3) is 0.667. The molecule has 0 aliphatic carbocycles. The number of nitrogens with zero attached hydrogens (tertiary/aromatic N) is 1. The van der Waals surface area contributed by atoms with E-state index >= 15 is 0 Å². The van der Waals surface area contributed by atoms with Gasteiger partial charge in [-0.15, -0.1) is 11.3 Å². The first-order valence-corrected chi connectivity index (χ1v) is 7.02. The van der Waals surface area contributed by atoms with Crippen molar-refractivity contribution in [3.63, 3.8) is 0 Å². The van der Waals surface area contributed by atoms with Crippen LogP contribution in [0.4, 0.5) is 0 Å². The maximum absolute atomic E-state index is 11.9. The lowest BCUT2D eigenvalue weighted by molar-refractivity contribution is -0.123. The zero-order chi connectivity index (χ0) is 13.0. The third-order valence-electron chi connectivity index (χ3n) is 3.20. The number of nitrogens with one attached hydrogen (secondary N) is 2. The molecule has 1 aliphatic rings. The van der Waals surface area contributed by atoms with E-state index in [9.17, 15) is 4.79 Å². The molecule has 1 fully saturated rings. The van der Waals surface area contributed by atoms with Crippen molar-refractivity contribution in [2.75, 3.05) is 20.2 Å². The van der Waals surface area contributed by atoms with Crippen LogP contribution in [0.5, 0.6) is 0 Å². The molecular formula is C12H19N3O2S. The van der Waals surface area contributed by atoms with Crippen molar-refractivity contribution in [3.05, 3.63) is 16.6 Å². The van der Waals surface area contributed by atoms with Crippen LogP contribution in [0.15, 0.2) is 11.6 Å². The first kappa shape index (κ1) is 13.5. The summed E-state index contributed by atoms with van der Waals surface area (Å²) in [5.41, 5.74) is 0. The molecule has 1 amide bonds. The summed E-state index contributed by atoms with van der Waals surface area (Å²) in [6.45, 7) is 3.44. The molecule has 1 saturated heterocycles. The topological polar surface area (TPSA) is 63.2 Å². The molecule has 0 saturated carbocycles. The van der Waals surface area contributed by atoms with Crippen LogP contribution in [-0.4, -0.2) is 43.2 Å². The summed E-state index contributed by atoms with van der Waals surface area (Å²) in [5, 5.41) is 9.15. The number of methoxy groups -OCH3 is 1. The summed E-state index contributed by atoms with van der Waals surface area (Å²) in [7, 11) is 1.68. The summed E-state index contributed by atoms with van der Waals surface area (Å²) >= 11 is 1.62. The van der Waals surface area contributed by atoms with Crippen molar-refractivity contribution >= 4 is 17.2 Å². The maximum Gasteiger partial charge on any atom is 0.237 e. The summed E-state index contributed by atoms with van der Waals surface area (Å²) in [4.78, 5) is 16.2. The fourth-order valence-corrected chi connectivity index (χ4v) is 2.72. The Morgan fingerprint density at radius 3 is 3.22 bits per heavy atom. The number of amides is 1. The van der Waals surface area contributed by atoms with Crippen molar-refractivity contribution in [1.29, 1.82) is 0 Å². The Morgan fingerprint density at radius 1 is 1.78 bits per heavy atom. The minimum atomic E-state index is -0.126. The van der Waals surface area contributed by atoms with Crippen LogP contribution in [-0.2, 0) is 9.53 Å². The molecule has 5 nitrogen and oxygen atoms in total. The van der Waals surface area contributed by atoms with Gasteiger partial charge >= 0.3 is 0 Å². The largest absolute Gasteiger partial charge is 0.380 e. The third kappa shape index (κ3) is 3.28. The minimum absolute atomic E-state index is 0.0537. The van der Waals surface area contributed by atoms with E-state index < -0.39 is 0 Å². The normalized spacial score (nSPS) is 25.0. The molecule has 0 radical (unpaired) electrons. The molecule has 2 rings (SSSR count). The second-order valence-corrected chi connectivity index (χ2v) is 5.50. The lowest BCUT2D eigenvalue weighted by Gasteiger charge is -2.14. The van der Waals surface area contributed by atoms with Gasteiger partial charge in [-0.1, -0.05) is 6.92 Å². The fourth-order valence-electron chi connectivity index (χ4n) is 2.02. The van der Waals surface area contributed by atoms with Crippen LogP contribution in [0.25, 0.3) is 0 Å². The smallest absolute Gasteiger partial charge is 0.237 e. The summed E-state index contributed by atoms with van der Waals surface area (Å²) in [5.74, 6) is 0.312. The van der Waals surface area contributed by atoms with Crippen molar-refractivity contribution < 1.29 is 9.53 Å². The van der Waals surface area contributed by atoms with E-state index in [0.29, 0.717) is 6.54 Å². The first-order chi connectivity index (χ1) is 8.70. The van der Waals surface area contributed by atoms with Crippen molar-refractivity contribution in [1.82, 2.24) is 15.6 Å². The molecule has 0 spiro atoms. The Bertz CT molecular complexity index is 383. The van der Waals surface area contributed by atoms with Crippen molar-refractivity contribution in [2.45, 2.75) is 31.4 Å². The standard InChI is InChI=1S/C12H19N3O2S/c1-8(12-13-3-4-18-12)6-15-11(16)10-5-9(17-2)7-14-10/h3-4,8-10,14H,5-7H2,1-2H3,(H,15,16). The highest BCUT2D eigenvalue weighted by molar-refractivity contribution is 7.09. The lowest BCUT2D eigenvalue weighted by atomic mass is 10.1. The number of carbonyl (C=O) groups excluding carboxylic acids is 1. The Kier molecular flexibility index (Phi) is 4.68. The Balaban J connectivity index is 1.75. The molecule has 3 atom stereocenters. The van der Waals surface area contributed by atoms with Gasteiger partial charge in [0.25, 0.3) is 0 Å². The monoisotopic (exact) mass is 269 g/mol. The highest BCUT2D eigenvalue weighted by atomic mass is 32.1. The van der Waals surface area contributed by atoms with Gasteiger partial charge in [0.15, 0.2) is 0 Å². The van der Waals surface area contributed by atoms with Crippen LogP contribution in [0.3, 0.4) is 0 Å². The molecule has 1 aliphatic heterocycles. The number of hydrogen-bond donors (Lipinski definition) is 2. The van der Waals surface area contributed by atoms with Gasteiger partial charge < -0.3 is 15.4 Å². The number of rotatable bonds is 5. The van der Waals surface area contributed by atoms with Crippen LogP contribution >= 0.6 is 11.3 Å². The summed E-state index contributed by atoms with van der Waals surface area (Å²) in [6, 6.07) is -0.126. The molecule has 6 heteroatoms. The van der Waals surface area contributed by atoms with Crippen molar-refractivity contribution in [3.8, 4) is 0 Å². The van der Waals surface area contributed by atoms with Crippen LogP contribution in [0.2, 0.25) is 0 Å². The number of hydrogen-bond acceptors (Lipinski definition) is 5. The minimum Gasteiger partial charge on any atom is -0.380 e. The molecule has 1 aromatic rings. The van der Waals surface area contributed by atoms with E-state index in [0.717, 1.165) is 18.0 Å². The van der Waals surface area contributed by atoms with E-state index in [4.69, 9.17) is 4.74 Å². The highest BCUT2D eigenvalue weighted by Crippen LogP contribution is 2.16. The van der Waals surface area contributed by atoms with Gasteiger partial charge in [0.1, 0.15) is 0 Å². The van der Waals surface area contributed by atoms with E-state index in [1.54, 1.807) is 24.6 Å². The summed E-state index contributed by atoms with van der Waals surface area (Å²) in [6.07, 6.45) is 2.69. The molecule has 0 aromatic carbocycles. The van der Waals surface area contributed by atoms with E-state index in [2.05, 4.69) is 22.5 Å². The van der Waals surface area contributed by atoms with Crippen LogP contribution in [0, 0.1) is 0 Å². The molecule has 3 unspecified atom stereocenters. The maximum atomic E-state index is 11.9. The van der Waals surface area contributed by atoms with Gasteiger partial charge in [-0.25, -0.2) is 4.98 Å². The van der Waals surface area contributed by atoms with Gasteiger partial charge in [0.2, 0.25) is 5.91 Å².